The van der Waals surface area contributed by atoms with Crippen LogP contribution in [-0.2, 0) is 20.7 Å². The van der Waals surface area contributed by atoms with Crippen LogP contribution in [0.15, 0.2) is 54.6 Å². The van der Waals surface area contributed by atoms with Crippen LogP contribution >= 0.6 is 11.6 Å². The summed E-state index contributed by atoms with van der Waals surface area (Å²) < 4.78 is 4.91. The van der Waals surface area contributed by atoms with Crippen molar-refractivity contribution in [1.82, 2.24) is 5.32 Å². The molecule has 0 unspecified atom stereocenters. The van der Waals surface area contributed by atoms with Crippen LogP contribution < -0.4 is 5.32 Å². The summed E-state index contributed by atoms with van der Waals surface area (Å²) >= 11 is 5.81. The van der Waals surface area contributed by atoms with Crippen molar-refractivity contribution in [2.45, 2.75) is 13.3 Å². The van der Waals surface area contributed by atoms with Crippen molar-refractivity contribution in [3.8, 4) is 0 Å². The second-order valence-electron chi connectivity index (χ2n) is 5.58. The Morgan fingerprint density at radius 2 is 1.76 bits per heavy atom. The minimum absolute atomic E-state index is 0.294. The van der Waals surface area contributed by atoms with E-state index in [0.29, 0.717) is 18.0 Å². The maximum absolute atomic E-state index is 11.7. The summed E-state index contributed by atoms with van der Waals surface area (Å²) in [6.45, 7) is 2.17. The molecule has 2 aromatic carbocycles. The number of carbonyl (C=O) groups is 2. The van der Waals surface area contributed by atoms with E-state index in [0.717, 1.165) is 16.7 Å². The van der Waals surface area contributed by atoms with Gasteiger partial charge in [0.1, 0.15) is 0 Å². The van der Waals surface area contributed by atoms with Crippen molar-refractivity contribution in [3.63, 3.8) is 0 Å². The lowest BCUT2D eigenvalue weighted by Gasteiger charge is -2.05. The number of carbonyl (C=O) groups excluding carboxylic acids is 2. The predicted molar refractivity (Wildman–Crippen MR) is 99.3 cm³/mol. The Bertz CT molecular complexity index is 737. The molecule has 1 amide bonds. The Balaban J connectivity index is 1.66. The van der Waals surface area contributed by atoms with Crippen molar-refractivity contribution in [1.29, 1.82) is 0 Å². The summed E-state index contributed by atoms with van der Waals surface area (Å²) in [5.74, 6) is -0.875. The van der Waals surface area contributed by atoms with Crippen LogP contribution in [0.25, 0.3) is 6.08 Å². The summed E-state index contributed by atoms with van der Waals surface area (Å²) in [5.41, 5.74) is 3.12. The molecule has 0 saturated carbocycles. The SMILES string of the molecule is Cc1ccc(/C=C/C(=O)OCC(=O)NCCc2ccc(Cl)cc2)cc1. The van der Waals surface area contributed by atoms with Gasteiger partial charge in [-0.1, -0.05) is 53.6 Å². The quantitative estimate of drug-likeness (QED) is 0.609. The number of esters is 1. The molecule has 130 valence electrons. The first-order chi connectivity index (χ1) is 12.0. The molecule has 0 aliphatic heterocycles. The molecule has 0 aromatic heterocycles. The Morgan fingerprint density at radius 1 is 1.08 bits per heavy atom. The average molecular weight is 358 g/mol. The zero-order valence-corrected chi connectivity index (χ0v) is 14.8. The molecule has 0 spiro atoms. The number of nitrogens with one attached hydrogen (secondary N) is 1. The molecule has 2 rings (SSSR count). The minimum Gasteiger partial charge on any atom is -0.452 e. The van der Waals surface area contributed by atoms with Gasteiger partial charge in [0.15, 0.2) is 6.61 Å². The van der Waals surface area contributed by atoms with Gasteiger partial charge in [0.05, 0.1) is 0 Å². The number of ether oxygens (including phenoxy) is 1. The van der Waals surface area contributed by atoms with E-state index < -0.39 is 5.97 Å². The first kappa shape index (κ1) is 18.7. The van der Waals surface area contributed by atoms with Gasteiger partial charge < -0.3 is 10.1 Å². The Labute approximate surface area is 152 Å². The van der Waals surface area contributed by atoms with E-state index in [9.17, 15) is 9.59 Å². The van der Waals surface area contributed by atoms with E-state index in [1.165, 1.54) is 6.08 Å². The van der Waals surface area contributed by atoms with Crippen molar-refractivity contribution >= 4 is 29.6 Å². The van der Waals surface area contributed by atoms with Gasteiger partial charge in [0.25, 0.3) is 5.91 Å². The largest absolute Gasteiger partial charge is 0.452 e. The monoisotopic (exact) mass is 357 g/mol. The molecule has 0 aliphatic rings. The van der Waals surface area contributed by atoms with E-state index in [1.807, 2.05) is 43.3 Å². The van der Waals surface area contributed by atoms with Crippen LogP contribution in [0.3, 0.4) is 0 Å². The summed E-state index contributed by atoms with van der Waals surface area (Å²) in [6.07, 6.45) is 3.65. The molecule has 0 heterocycles. The first-order valence-corrected chi connectivity index (χ1v) is 8.33. The topological polar surface area (TPSA) is 55.4 Å². The van der Waals surface area contributed by atoms with E-state index in [2.05, 4.69) is 5.32 Å². The fourth-order valence-electron chi connectivity index (χ4n) is 2.07. The molecule has 0 fully saturated rings. The summed E-state index contributed by atoms with van der Waals surface area (Å²) in [4.78, 5) is 23.3. The van der Waals surface area contributed by atoms with E-state index >= 15 is 0 Å². The molecule has 25 heavy (non-hydrogen) atoms. The summed E-state index contributed by atoms with van der Waals surface area (Å²) in [5, 5.41) is 3.39. The number of benzene rings is 2. The van der Waals surface area contributed by atoms with Crippen LogP contribution in [-0.4, -0.2) is 25.0 Å². The Morgan fingerprint density at radius 3 is 2.44 bits per heavy atom. The first-order valence-electron chi connectivity index (χ1n) is 7.95. The number of hydrogen-bond donors (Lipinski definition) is 1. The zero-order valence-electron chi connectivity index (χ0n) is 14.0. The van der Waals surface area contributed by atoms with Gasteiger partial charge in [-0.25, -0.2) is 4.79 Å². The van der Waals surface area contributed by atoms with Gasteiger partial charge in [0, 0.05) is 17.6 Å². The highest BCUT2D eigenvalue weighted by atomic mass is 35.5. The number of rotatable bonds is 7. The van der Waals surface area contributed by atoms with Gasteiger partial charge in [-0.2, -0.15) is 0 Å². The fraction of sp³-hybridized carbons (Fsp3) is 0.200. The average Bonchev–Trinajstić information content (AvgIpc) is 2.61. The zero-order chi connectivity index (χ0) is 18.1. The normalized spacial score (nSPS) is 10.6. The lowest BCUT2D eigenvalue weighted by atomic mass is 10.1. The third-order valence-corrected chi connectivity index (χ3v) is 3.74. The van der Waals surface area contributed by atoms with Crippen molar-refractivity contribution in [3.05, 3.63) is 76.3 Å². The van der Waals surface area contributed by atoms with E-state index in [-0.39, 0.29) is 12.5 Å². The van der Waals surface area contributed by atoms with Crippen molar-refractivity contribution < 1.29 is 14.3 Å². The van der Waals surface area contributed by atoms with Gasteiger partial charge in [-0.05, 0) is 42.7 Å². The molecule has 2 aromatic rings. The second-order valence-corrected chi connectivity index (χ2v) is 6.01. The van der Waals surface area contributed by atoms with E-state index in [1.54, 1.807) is 18.2 Å². The highest BCUT2D eigenvalue weighted by Gasteiger charge is 2.04. The van der Waals surface area contributed by atoms with Crippen LogP contribution in [0.5, 0.6) is 0 Å². The van der Waals surface area contributed by atoms with Crippen LogP contribution in [0.2, 0.25) is 5.02 Å². The van der Waals surface area contributed by atoms with Crippen LogP contribution in [0.1, 0.15) is 16.7 Å². The third kappa shape index (κ3) is 7.23. The molecule has 0 radical (unpaired) electrons. The third-order valence-electron chi connectivity index (χ3n) is 3.48. The fourth-order valence-corrected chi connectivity index (χ4v) is 2.20. The highest BCUT2D eigenvalue weighted by molar-refractivity contribution is 6.30. The molecule has 0 atom stereocenters. The molecule has 0 saturated heterocycles. The molecule has 1 N–H and O–H groups in total. The Kier molecular flexibility index (Phi) is 7.23. The maximum atomic E-state index is 11.7. The van der Waals surface area contributed by atoms with Gasteiger partial charge >= 0.3 is 5.97 Å². The lowest BCUT2D eigenvalue weighted by Crippen LogP contribution is -2.30. The molecular formula is C20H20ClNO3. The number of aryl methyl sites for hydroxylation is 1. The summed E-state index contributed by atoms with van der Waals surface area (Å²) in [7, 11) is 0. The van der Waals surface area contributed by atoms with Crippen molar-refractivity contribution in [2.24, 2.45) is 0 Å². The number of halogens is 1. The van der Waals surface area contributed by atoms with Gasteiger partial charge in [0.2, 0.25) is 0 Å². The number of hydrogen-bond acceptors (Lipinski definition) is 3. The van der Waals surface area contributed by atoms with Crippen molar-refractivity contribution in [2.75, 3.05) is 13.2 Å². The molecule has 0 bridgehead atoms. The smallest absolute Gasteiger partial charge is 0.331 e. The van der Waals surface area contributed by atoms with Gasteiger partial charge in [-0.15, -0.1) is 0 Å². The van der Waals surface area contributed by atoms with E-state index in [4.69, 9.17) is 16.3 Å². The van der Waals surface area contributed by atoms with Crippen LogP contribution in [0, 0.1) is 6.92 Å². The van der Waals surface area contributed by atoms with Gasteiger partial charge in [-0.3, -0.25) is 4.79 Å². The number of amides is 1. The predicted octanol–water partition coefficient (Wildman–Crippen LogP) is 3.56. The Hall–Kier alpha value is -2.59. The molecular weight excluding hydrogens is 338 g/mol. The molecule has 5 heteroatoms. The molecule has 0 aliphatic carbocycles. The summed E-state index contributed by atoms with van der Waals surface area (Å²) in [6, 6.07) is 15.2. The highest BCUT2D eigenvalue weighted by Crippen LogP contribution is 2.09. The van der Waals surface area contributed by atoms with Crippen LogP contribution in [0.4, 0.5) is 0 Å². The minimum atomic E-state index is -0.548. The maximum Gasteiger partial charge on any atom is 0.331 e. The molecule has 4 nitrogen and oxygen atoms in total. The standard InChI is InChI=1S/C20H20ClNO3/c1-15-2-4-16(5-3-15)8-11-20(24)25-14-19(23)22-13-12-17-6-9-18(21)10-7-17/h2-11H,12-14H2,1H3,(H,22,23)/b11-8+. The second kappa shape index (κ2) is 9.64. The lowest BCUT2D eigenvalue weighted by molar-refractivity contribution is -0.143.